The van der Waals surface area contributed by atoms with Crippen LogP contribution >= 0.6 is 0 Å². The van der Waals surface area contributed by atoms with Crippen LogP contribution in [0.25, 0.3) is 11.1 Å². The number of aromatic nitrogens is 2. The monoisotopic (exact) mass is 263 g/mol. The first-order chi connectivity index (χ1) is 9.06. The van der Waals surface area contributed by atoms with Crippen LogP contribution in [-0.2, 0) is 0 Å². The van der Waals surface area contributed by atoms with Crippen LogP contribution in [0.15, 0.2) is 16.8 Å². The molecule has 1 aliphatic heterocycles. The van der Waals surface area contributed by atoms with Crippen LogP contribution < -0.4 is 0 Å². The zero-order chi connectivity index (χ0) is 13.6. The van der Waals surface area contributed by atoms with Crippen LogP contribution in [-0.4, -0.2) is 56.5 Å². The first-order valence-corrected chi connectivity index (χ1v) is 5.93. The first kappa shape index (κ1) is 12.1. The predicted molar refractivity (Wildman–Crippen MR) is 64.5 cm³/mol. The molecule has 2 aromatic heterocycles. The third kappa shape index (κ3) is 1.96. The average molecular weight is 263 g/mol. The Morgan fingerprint density at radius 2 is 2.11 bits per heavy atom. The van der Waals surface area contributed by atoms with E-state index >= 15 is 0 Å². The molecule has 7 heteroatoms. The number of amides is 1. The smallest absolute Gasteiger partial charge is 0.257 e. The van der Waals surface area contributed by atoms with E-state index in [-0.39, 0.29) is 19.0 Å². The molecule has 1 amide bonds. The summed E-state index contributed by atoms with van der Waals surface area (Å²) in [5, 5.41) is 23.4. The van der Waals surface area contributed by atoms with E-state index in [2.05, 4.69) is 10.1 Å². The fourth-order valence-electron chi connectivity index (χ4n) is 2.18. The highest BCUT2D eigenvalue weighted by Crippen LogP contribution is 2.19. The molecule has 1 fully saturated rings. The van der Waals surface area contributed by atoms with E-state index in [0.29, 0.717) is 22.4 Å². The largest absolute Gasteiger partial charge is 0.388 e. The maximum atomic E-state index is 12.2. The summed E-state index contributed by atoms with van der Waals surface area (Å²) in [6.07, 6.45) is -0.372. The van der Waals surface area contributed by atoms with E-state index < -0.39 is 12.2 Å². The number of carbonyl (C=O) groups excluding carboxylic acids is 1. The van der Waals surface area contributed by atoms with E-state index in [1.165, 1.54) is 11.1 Å². The summed E-state index contributed by atoms with van der Waals surface area (Å²) in [5.41, 5.74) is 1.44. The minimum Gasteiger partial charge on any atom is -0.388 e. The summed E-state index contributed by atoms with van der Waals surface area (Å²) >= 11 is 0. The van der Waals surface area contributed by atoms with Gasteiger partial charge in [-0.05, 0) is 13.0 Å². The molecule has 19 heavy (non-hydrogen) atoms. The molecule has 3 heterocycles. The van der Waals surface area contributed by atoms with Gasteiger partial charge >= 0.3 is 0 Å². The van der Waals surface area contributed by atoms with Gasteiger partial charge in [0, 0.05) is 19.3 Å². The second-order valence-electron chi connectivity index (χ2n) is 4.69. The number of rotatable bonds is 1. The van der Waals surface area contributed by atoms with Gasteiger partial charge in [0.1, 0.15) is 0 Å². The standard InChI is InChI=1S/C12H13N3O4/c1-6-8-2-7(3-13-11(8)19-14-6)12(18)15-4-9(16)10(17)5-15/h2-3,9-10,16-17H,4-5H2,1H3. The van der Waals surface area contributed by atoms with Gasteiger partial charge in [-0.15, -0.1) is 0 Å². The van der Waals surface area contributed by atoms with Crippen LogP contribution in [0.3, 0.4) is 0 Å². The number of aliphatic hydroxyl groups excluding tert-OH is 2. The number of aryl methyl sites for hydroxylation is 1. The van der Waals surface area contributed by atoms with E-state index in [0.717, 1.165) is 0 Å². The van der Waals surface area contributed by atoms with Crippen molar-refractivity contribution in [3.63, 3.8) is 0 Å². The molecule has 2 atom stereocenters. The Kier molecular flexibility index (Phi) is 2.72. The molecule has 0 radical (unpaired) electrons. The highest BCUT2D eigenvalue weighted by atomic mass is 16.5. The zero-order valence-corrected chi connectivity index (χ0v) is 10.3. The van der Waals surface area contributed by atoms with Crippen molar-refractivity contribution in [3.8, 4) is 0 Å². The molecule has 0 aromatic carbocycles. The maximum Gasteiger partial charge on any atom is 0.257 e. The molecule has 2 aromatic rings. The van der Waals surface area contributed by atoms with E-state index in [4.69, 9.17) is 4.52 Å². The van der Waals surface area contributed by atoms with E-state index in [1.54, 1.807) is 13.0 Å². The fraction of sp³-hybridized carbons (Fsp3) is 0.417. The highest BCUT2D eigenvalue weighted by molar-refractivity contribution is 5.97. The number of nitrogens with zero attached hydrogens (tertiary/aromatic N) is 3. The Morgan fingerprint density at radius 3 is 2.79 bits per heavy atom. The van der Waals surface area contributed by atoms with Gasteiger partial charge in [-0.2, -0.15) is 0 Å². The molecule has 1 aliphatic rings. The summed E-state index contributed by atoms with van der Waals surface area (Å²) in [4.78, 5) is 17.7. The highest BCUT2D eigenvalue weighted by Gasteiger charge is 2.33. The number of hydrogen-bond donors (Lipinski definition) is 2. The van der Waals surface area contributed by atoms with Crippen LogP contribution in [0.5, 0.6) is 0 Å². The van der Waals surface area contributed by atoms with Crippen molar-refractivity contribution in [1.29, 1.82) is 0 Å². The van der Waals surface area contributed by atoms with E-state index in [1.807, 2.05) is 0 Å². The van der Waals surface area contributed by atoms with Gasteiger partial charge in [0.15, 0.2) is 0 Å². The predicted octanol–water partition coefficient (Wildman–Crippen LogP) is -0.291. The van der Waals surface area contributed by atoms with Crippen molar-refractivity contribution in [3.05, 3.63) is 23.5 Å². The van der Waals surface area contributed by atoms with Gasteiger partial charge in [-0.25, -0.2) is 4.98 Å². The van der Waals surface area contributed by atoms with Crippen molar-refractivity contribution in [1.82, 2.24) is 15.0 Å². The van der Waals surface area contributed by atoms with Crippen LogP contribution in [0.1, 0.15) is 16.1 Å². The summed E-state index contributed by atoms with van der Waals surface area (Å²) in [5.74, 6) is -0.273. The molecule has 2 unspecified atom stereocenters. The first-order valence-electron chi connectivity index (χ1n) is 5.93. The summed E-state index contributed by atoms with van der Waals surface area (Å²) in [6, 6.07) is 1.66. The van der Waals surface area contributed by atoms with Crippen molar-refractivity contribution >= 4 is 17.0 Å². The van der Waals surface area contributed by atoms with Crippen molar-refractivity contribution in [2.75, 3.05) is 13.1 Å². The van der Waals surface area contributed by atoms with E-state index in [9.17, 15) is 15.0 Å². The second-order valence-corrected chi connectivity index (χ2v) is 4.69. The lowest BCUT2D eigenvalue weighted by Crippen LogP contribution is -2.29. The number of aliphatic hydroxyl groups is 2. The summed E-state index contributed by atoms with van der Waals surface area (Å²) in [7, 11) is 0. The van der Waals surface area contributed by atoms with Gasteiger partial charge in [0.2, 0.25) is 0 Å². The Bertz CT molecular complexity index is 629. The third-order valence-electron chi connectivity index (χ3n) is 3.30. The molecule has 100 valence electrons. The molecular weight excluding hydrogens is 250 g/mol. The Balaban J connectivity index is 1.91. The normalized spacial score (nSPS) is 23.2. The lowest BCUT2D eigenvalue weighted by molar-refractivity contribution is 0.0572. The SMILES string of the molecule is Cc1noc2ncc(C(=O)N3CC(O)C(O)C3)cc12. The van der Waals surface area contributed by atoms with Gasteiger partial charge in [-0.3, -0.25) is 4.79 Å². The summed E-state index contributed by atoms with van der Waals surface area (Å²) < 4.78 is 4.98. The molecule has 1 saturated heterocycles. The zero-order valence-electron chi connectivity index (χ0n) is 10.3. The Labute approximate surface area is 108 Å². The number of pyridine rings is 1. The average Bonchev–Trinajstić information content (AvgIpc) is 2.93. The number of β-amino-alcohol motifs (C(OH)–C–C–N with tert-alkyl or cyclic N) is 2. The van der Waals surface area contributed by atoms with Gasteiger partial charge in [-0.1, -0.05) is 5.16 Å². The van der Waals surface area contributed by atoms with Crippen molar-refractivity contribution in [2.24, 2.45) is 0 Å². The molecule has 2 N–H and O–H groups in total. The molecule has 0 spiro atoms. The lowest BCUT2D eigenvalue weighted by atomic mass is 10.2. The Morgan fingerprint density at radius 1 is 1.42 bits per heavy atom. The number of carbonyl (C=O) groups is 1. The number of fused-ring (bicyclic) bond motifs is 1. The maximum absolute atomic E-state index is 12.2. The van der Waals surface area contributed by atoms with Crippen LogP contribution in [0.2, 0.25) is 0 Å². The minimum atomic E-state index is -0.891. The number of likely N-dealkylation sites (tertiary alicyclic amines) is 1. The second kappa shape index (κ2) is 4.29. The molecule has 0 bridgehead atoms. The fourth-order valence-corrected chi connectivity index (χ4v) is 2.18. The minimum absolute atomic E-state index is 0.126. The van der Waals surface area contributed by atoms with Crippen molar-refractivity contribution in [2.45, 2.75) is 19.1 Å². The molecule has 0 saturated carbocycles. The Hall–Kier alpha value is -1.99. The molecule has 7 nitrogen and oxygen atoms in total. The van der Waals surface area contributed by atoms with Gasteiger partial charge < -0.3 is 19.6 Å². The topological polar surface area (TPSA) is 99.7 Å². The van der Waals surface area contributed by atoms with Gasteiger partial charge in [0.05, 0.1) is 28.9 Å². The molecule has 3 rings (SSSR count). The van der Waals surface area contributed by atoms with Crippen molar-refractivity contribution < 1.29 is 19.5 Å². The molecular formula is C12H13N3O4. The lowest BCUT2D eigenvalue weighted by Gasteiger charge is -2.14. The van der Waals surface area contributed by atoms with Crippen LogP contribution in [0, 0.1) is 6.92 Å². The van der Waals surface area contributed by atoms with Gasteiger partial charge in [0.25, 0.3) is 11.6 Å². The third-order valence-corrected chi connectivity index (χ3v) is 3.30. The quantitative estimate of drug-likeness (QED) is 0.733. The molecule has 0 aliphatic carbocycles. The number of hydrogen-bond acceptors (Lipinski definition) is 6. The van der Waals surface area contributed by atoms with Crippen LogP contribution in [0.4, 0.5) is 0 Å². The summed E-state index contributed by atoms with van der Waals surface area (Å²) in [6.45, 7) is 2.02.